The first-order valence-corrected chi connectivity index (χ1v) is 11.2. The van der Waals surface area contributed by atoms with Crippen LogP contribution < -0.4 is 5.32 Å². The van der Waals surface area contributed by atoms with Gasteiger partial charge in [0.25, 0.3) is 0 Å². The van der Waals surface area contributed by atoms with Gasteiger partial charge in [-0.05, 0) is 31.0 Å². The SMILES string of the molecule is CCn1c(SCC(=O)Nc2ccccc2-c2ccccc2)nnc1-c1ccccc1C. The molecular weight excluding hydrogens is 404 g/mol. The lowest BCUT2D eigenvalue weighted by Gasteiger charge is -2.12. The van der Waals surface area contributed by atoms with Crippen molar-refractivity contribution in [2.45, 2.75) is 25.5 Å². The third-order valence-electron chi connectivity index (χ3n) is 5.04. The molecule has 6 heteroatoms. The number of rotatable bonds is 7. The highest BCUT2D eigenvalue weighted by atomic mass is 32.2. The first-order valence-electron chi connectivity index (χ1n) is 10.2. The van der Waals surface area contributed by atoms with Crippen LogP contribution in [-0.2, 0) is 11.3 Å². The molecule has 31 heavy (non-hydrogen) atoms. The highest BCUT2D eigenvalue weighted by Crippen LogP contribution is 2.29. The van der Waals surface area contributed by atoms with E-state index in [0.717, 1.165) is 45.5 Å². The maximum absolute atomic E-state index is 12.7. The smallest absolute Gasteiger partial charge is 0.234 e. The first kappa shape index (κ1) is 20.9. The van der Waals surface area contributed by atoms with Crippen LogP contribution in [0.15, 0.2) is 84.0 Å². The topological polar surface area (TPSA) is 59.8 Å². The van der Waals surface area contributed by atoms with Crippen LogP contribution in [0.3, 0.4) is 0 Å². The van der Waals surface area contributed by atoms with E-state index in [1.54, 1.807) is 0 Å². The van der Waals surface area contributed by atoms with Gasteiger partial charge in [0, 0.05) is 23.4 Å². The summed E-state index contributed by atoms with van der Waals surface area (Å²) in [5.74, 6) is 1.02. The number of para-hydroxylation sites is 1. The molecule has 0 fully saturated rings. The summed E-state index contributed by atoms with van der Waals surface area (Å²) in [5.41, 5.74) is 5.08. The Labute approximate surface area is 186 Å². The molecule has 0 bridgehead atoms. The fraction of sp³-hybridized carbons (Fsp3) is 0.160. The first-order chi connectivity index (χ1) is 15.2. The van der Waals surface area contributed by atoms with Crippen LogP contribution in [0.25, 0.3) is 22.5 Å². The molecule has 1 heterocycles. The molecule has 4 aromatic rings. The van der Waals surface area contributed by atoms with Crippen LogP contribution in [-0.4, -0.2) is 26.4 Å². The second kappa shape index (κ2) is 9.62. The van der Waals surface area contributed by atoms with Gasteiger partial charge in [0.1, 0.15) is 0 Å². The molecule has 0 saturated carbocycles. The maximum Gasteiger partial charge on any atom is 0.234 e. The lowest BCUT2D eigenvalue weighted by molar-refractivity contribution is -0.113. The predicted molar refractivity (Wildman–Crippen MR) is 127 cm³/mol. The zero-order valence-electron chi connectivity index (χ0n) is 17.6. The molecule has 1 amide bonds. The molecule has 1 aromatic heterocycles. The van der Waals surface area contributed by atoms with E-state index in [-0.39, 0.29) is 11.7 Å². The molecule has 0 unspecified atom stereocenters. The van der Waals surface area contributed by atoms with Gasteiger partial charge in [-0.25, -0.2) is 0 Å². The Bertz CT molecular complexity index is 1190. The van der Waals surface area contributed by atoms with Gasteiger partial charge < -0.3 is 9.88 Å². The van der Waals surface area contributed by atoms with E-state index in [9.17, 15) is 4.79 Å². The monoisotopic (exact) mass is 428 g/mol. The summed E-state index contributed by atoms with van der Waals surface area (Å²) in [7, 11) is 0. The van der Waals surface area contributed by atoms with Gasteiger partial charge in [-0.15, -0.1) is 10.2 Å². The molecule has 156 valence electrons. The van der Waals surface area contributed by atoms with Crippen molar-refractivity contribution in [3.63, 3.8) is 0 Å². The second-order valence-corrected chi connectivity index (χ2v) is 8.06. The predicted octanol–water partition coefficient (Wildman–Crippen LogP) is 5.67. The molecule has 0 aliphatic rings. The Morgan fingerprint density at radius 1 is 0.903 bits per heavy atom. The van der Waals surface area contributed by atoms with Gasteiger partial charge in [0.15, 0.2) is 11.0 Å². The fourth-order valence-electron chi connectivity index (χ4n) is 3.48. The Morgan fingerprint density at radius 3 is 2.32 bits per heavy atom. The van der Waals surface area contributed by atoms with Crippen molar-refractivity contribution >= 4 is 23.4 Å². The number of nitrogens with zero attached hydrogens (tertiary/aromatic N) is 3. The number of thioether (sulfide) groups is 1. The molecule has 3 aromatic carbocycles. The van der Waals surface area contributed by atoms with Gasteiger partial charge >= 0.3 is 0 Å². The molecule has 0 aliphatic heterocycles. The number of nitrogens with one attached hydrogen (secondary N) is 1. The summed E-state index contributed by atoms with van der Waals surface area (Å²) < 4.78 is 2.05. The second-order valence-electron chi connectivity index (χ2n) is 7.11. The highest BCUT2D eigenvalue weighted by Gasteiger charge is 2.16. The number of amides is 1. The minimum absolute atomic E-state index is 0.0727. The van der Waals surface area contributed by atoms with Crippen LogP contribution in [0.1, 0.15) is 12.5 Å². The number of carbonyl (C=O) groups excluding carboxylic acids is 1. The highest BCUT2D eigenvalue weighted by molar-refractivity contribution is 7.99. The molecule has 0 aliphatic carbocycles. The largest absolute Gasteiger partial charge is 0.325 e. The molecular formula is C25H24N4OS. The summed E-state index contributed by atoms with van der Waals surface area (Å²) in [6.45, 7) is 4.86. The molecule has 0 atom stereocenters. The Morgan fingerprint density at radius 2 is 1.58 bits per heavy atom. The summed E-state index contributed by atoms with van der Waals surface area (Å²) in [6.07, 6.45) is 0. The van der Waals surface area contributed by atoms with E-state index < -0.39 is 0 Å². The van der Waals surface area contributed by atoms with Crippen LogP contribution >= 0.6 is 11.8 Å². The van der Waals surface area contributed by atoms with Crippen molar-refractivity contribution in [1.82, 2.24) is 14.8 Å². The average molecular weight is 429 g/mol. The Hall–Kier alpha value is -3.38. The van der Waals surface area contributed by atoms with Crippen molar-refractivity contribution < 1.29 is 4.79 Å². The van der Waals surface area contributed by atoms with Crippen LogP contribution in [0, 0.1) is 6.92 Å². The quantitative estimate of drug-likeness (QED) is 0.385. The van der Waals surface area contributed by atoms with Crippen molar-refractivity contribution in [3.05, 3.63) is 84.4 Å². The van der Waals surface area contributed by atoms with E-state index in [2.05, 4.69) is 40.0 Å². The van der Waals surface area contributed by atoms with Gasteiger partial charge in [-0.1, -0.05) is 84.6 Å². The normalized spacial score (nSPS) is 10.8. The number of anilines is 1. The van der Waals surface area contributed by atoms with Crippen molar-refractivity contribution in [3.8, 4) is 22.5 Å². The van der Waals surface area contributed by atoms with E-state index in [4.69, 9.17) is 0 Å². The van der Waals surface area contributed by atoms with E-state index >= 15 is 0 Å². The summed E-state index contributed by atoms with van der Waals surface area (Å²) in [4.78, 5) is 12.7. The number of carbonyl (C=O) groups is 1. The fourth-order valence-corrected chi connectivity index (χ4v) is 4.28. The molecule has 0 spiro atoms. The Balaban J connectivity index is 1.48. The van der Waals surface area contributed by atoms with Crippen LogP contribution in [0.2, 0.25) is 0 Å². The van der Waals surface area contributed by atoms with Gasteiger partial charge in [-0.2, -0.15) is 0 Å². The van der Waals surface area contributed by atoms with Crippen LogP contribution in [0.5, 0.6) is 0 Å². The third kappa shape index (κ3) is 4.70. The van der Waals surface area contributed by atoms with Gasteiger partial charge in [0.2, 0.25) is 5.91 Å². The molecule has 5 nitrogen and oxygen atoms in total. The average Bonchev–Trinajstić information content (AvgIpc) is 3.21. The van der Waals surface area contributed by atoms with E-state index in [1.165, 1.54) is 11.8 Å². The standard InChI is InChI=1S/C25H24N4OS/c1-3-29-24(20-14-8-7-11-18(20)2)27-28-25(29)31-17-23(30)26-22-16-10-9-15-21(22)19-12-5-4-6-13-19/h4-16H,3,17H2,1-2H3,(H,26,30). The molecule has 0 radical (unpaired) electrons. The summed E-state index contributed by atoms with van der Waals surface area (Å²) in [5, 5.41) is 12.5. The summed E-state index contributed by atoms with van der Waals surface area (Å²) in [6, 6.07) is 26.0. The maximum atomic E-state index is 12.7. The van der Waals surface area contributed by atoms with E-state index in [1.807, 2.05) is 72.8 Å². The van der Waals surface area contributed by atoms with Gasteiger partial charge in [-0.3, -0.25) is 4.79 Å². The lowest BCUT2D eigenvalue weighted by atomic mass is 10.0. The molecule has 0 saturated heterocycles. The third-order valence-corrected chi connectivity index (χ3v) is 6.00. The minimum Gasteiger partial charge on any atom is -0.325 e. The van der Waals surface area contributed by atoms with Crippen molar-refractivity contribution in [1.29, 1.82) is 0 Å². The number of benzene rings is 3. The Kier molecular flexibility index (Phi) is 6.48. The zero-order valence-corrected chi connectivity index (χ0v) is 18.4. The van der Waals surface area contributed by atoms with Crippen molar-refractivity contribution in [2.24, 2.45) is 0 Å². The molecule has 1 N–H and O–H groups in total. The number of hydrogen-bond donors (Lipinski definition) is 1. The minimum atomic E-state index is -0.0727. The summed E-state index contributed by atoms with van der Waals surface area (Å²) >= 11 is 1.40. The van der Waals surface area contributed by atoms with Crippen LogP contribution in [0.4, 0.5) is 5.69 Å². The van der Waals surface area contributed by atoms with Gasteiger partial charge in [0.05, 0.1) is 5.75 Å². The number of aromatic nitrogens is 3. The number of aryl methyl sites for hydroxylation is 1. The molecule has 4 rings (SSSR count). The van der Waals surface area contributed by atoms with Crippen molar-refractivity contribution in [2.75, 3.05) is 11.1 Å². The van der Waals surface area contributed by atoms with E-state index in [0.29, 0.717) is 0 Å². The number of hydrogen-bond acceptors (Lipinski definition) is 4. The lowest BCUT2D eigenvalue weighted by Crippen LogP contribution is -2.15. The zero-order chi connectivity index (χ0) is 21.6.